The van der Waals surface area contributed by atoms with Crippen molar-refractivity contribution in [3.63, 3.8) is 0 Å². The Bertz CT molecular complexity index is 1140. The van der Waals surface area contributed by atoms with E-state index >= 15 is 0 Å². The number of phosphoric ester groups is 1. The molecule has 324 valence electrons. The van der Waals surface area contributed by atoms with E-state index in [4.69, 9.17) is 18.5 Å². The van der Waals surface area contributed by atoms with Gasteiger partial charge in [0, 0.05) is 6.42 Å². The van der Waals surface area contributed by atoms with Gasteiger partial charge in [-0.25, -0.2) is 0 Å². The lowest BCUT2D eigenvalue weighted by molar-refractivity contribution is -0.870. The first kappa shape index (κ1) is 53.7. The minimum Gasteiger partial charge on any atom is -0.756 e. The van der Waals surface area contributed by atoms with Gasteiger partial charge in [-0.05, 0) is 83.1 Å². The molecule has 0 saturated heterocycles. The molecule has 0 aromatic rings. The second-order valence-electron chi connectivity index (χ2n) is 15.6. The van der Waals surface area contributed by atoms with Gasteiger partial charge in [0.1, 0.15) is 19.8 Å². The van der Waals surface area contributed by atoms with Crippen molar-refractivity contribution in [2.24, 2.45) is 0 Å². The third kappa shape index (κ3) is 41.4. The molecule has 0 spiro atoms. The molecule has 0 bridgehead atoms. The number of allylic oxidation sites excluding steroid dienone is 9. The predicted octanol–water partition coefficient (Wildman–Crippen LogP) is 11.4. The maximum absolute atomic E-state index is 12.6. The third-order valence-corrected chi connectivity index (χ3v) is 9.84. The van der Waals surface area contributed by atoms with Gasteiger partial charge in [-0.2, -0.15) is 0 Å². The van der Waals surface area contributed by atoms with Crippen LogP contribution in [0.5, 0.6) is 0 Å². The molecular formula is C46H82NO8P. The lowest BCUT2D eigenvalue weighted by Crippen LogP contribution is -2.37. The van der Waals surface area contributed by atoms with Crippen molar-refractivity contribution in [1.29, 1.82) is 0 Å². The van der Waals surface area contributed by atoms with E-state index in [1.165, 1.54) is 89.9 Å². The zero-order valence-corrected chi connectivity index (χ0v) is 37.1. The number of rotatable bonds is 39. The van der Waals surface area contributed by atoms with E-state index in [9.17, 15) is 19.4 Å². The molecule has 0 aromatic heterocycles. The van der Waals surface area contributed by atoms with Crippen molar-refractivity contribution in [1.82, 2.24) is 0 Å². The van der Waals surface area contributed by atoms with Crippen LogP contribution in [0.2, 0.25) is 0 Å². The molecule has 10 heteroatoms. The Morgan fingerprint density at radius 3 is 1.89 bits per heavy atom. The van der Waals surface area contributed by atoms with E-state index in [-0.39, 0.29) is 19.6 Å². The summed E-state index contributed by atoms with van der Waals surface area (Å²) in [5.74, 6) is -0.460. The van der Waals surface area contributed by atoms with Crippen LogP contribution in [0.25, 0.3) is 0 Å². The molecule has 1 N–H and O–H groups in total. The van der Waals surface area contributed by atoms with E-state index in [0.717, 1.165) is 25.7 Å². The summed E-state index contributed by atoms with van der Waals surface area (Å²) in [6, 6.07) is 0. The molecule has 0 aliphatic heterocycles. The largest absolute Gasteiger partial charge is 0.756 e. The fourth-order valence-electron chi connectivity index (χ4n) is 5.40. The highest BCUT2D eigenvalue weighted by Gasteiger charge is 2.20. The number of unbranched alkanes of at least 4 members (excludes halogenated alkanes) is 15. The number of hydrogen-bond donors (Lipinski definition) is 1. The highest BCUT2D eigenvalue weighted by Crippen LogP contribution is 2.38. The number of phosphoric acid groups is 1. The highest BCUT2D eigenvalue weighted by atomic mass is 31.2. The average Bonchev–Trinajstić information content (AvgIpc) is 3.14. The lowest BCUT2D eigenvalue weighted by atomic mass is 10.1. The van der Waals surface area contributed by atoms with Crippen LogP contribution >= 0.6 is 7.82 Å². The van der Waals surface area contributed by atoms with Crippen molar-refractivity contribution in [2.75, 3.05) is 47.5 Å². The number of quaternary nitrogens is 1. The number of nitrogens with zero attached hydrogens (tertiary/aromatic N) is 1. The lowest BCUT2D eigenvalue weighted by Gasteiger charge is -2.28. The Hall–Kier alpha value is -2.26. The van der Waals surface area contributed by atoms with E-state index < -0.39 is 32.6 Å². The van der Waals surface area contributed by atoms with Gasteiger partial charge in [-0.15, -0.1) is 0 Å². The normalized spacial score (nSPS) is 15.0. The van der Waals surface area contributed by atoms with Gasteiger partial charge < -0.3 is 33.0 Å². The van der Waals surface area contributed by atoms with Crippen LogP contribution in [0.1, 0.15) is 155 Å². The predicted molar refractivity (Wildman–Crippen MR) is 232 cm³/mol. The summed E-state index contributed by atoms with van der Waals surface area (Å²) < 4.78 is 34.2. The Balaban J connectivity index is 4.51. The minimum atomic E-state index is -4.58. The van der Waals surface area contributed by atoms with Crippen molar-refractivity contribution in [3.05, 3.63) is 73.1 Å². The smallest absolute Gasteiger partial charge is 0.306 e. The van der Waals surface area contributed by atoms with Gasteiger partial charge in [0.05, 0.1) is 40.1 Å². The second kappa shape index (κ2) is 38.3. The number of hydrogen-bond acceptors (Lipinski definition) is 8. The number of likely N-dealkylation sites (N-methyl/N-ethyl adjacent to an activating group) is 1. The average molecular weight is 808 g/mol. The standard InChI is InChI=1S/C46H82NO8P/c1-6-8-10-12-14-16-17-18-19-20-21-22-24-26-31-35-40-52-42-45(43-54-56(50,51)53-41-39-47(3,4)5)55-46(49)38-34-30-27-29-33-37-44(48)36-32-28-25-23-15-13-11-9-7-2/h15-17,23,27-29,32-33,35,37,40,44-45,48H,6-14,18-22,24-26,30-31,34,36,38-39,41-43H2,1-5H3/b17-16-,23-15-,29-27+,32-28-,37-33-,40-35+/t44?,45-/m1/s1. The summed E-state index contributed by atoms with van der Waals surface area (Å²) in [6.45, 7) is 4.50. The maximum atomic E-state index is 12.6. The summed E-state index contributed by atoms with van der Waals surface area (Å²) >= 11 is 0. The van der Waals surface area contributed by atoms with Crippen LogP contribution in [0.4, 0.5) is 0 Å². The molecule has 0 heterocycles. The van der Waals surface area contributed by atoms with Gasteiger partial charge in [-0.1, -0.05) is 132 Å². The van der Waals surface area contributed by atoms with Gasteiger partial charge in [0.2, 0.25) is 0 Å². The van der Waals surface area contributed by atoms with E-state index in [1.807, 2.05) is 51.5 Å². The zero-order chi connectivity index (χ0) is 41.4. The highest BCUT2D eigenvalue weighted by molar-refractivity contribution is 7.45. The van der Waals surface area contributed by atoms with Crippen molar-refractivity contribution >= 4 is 13.8 Å². The molecule has 3 atom stereocenters. The molecule has 0 rings (SSSR count). The second-order valence-corrected chi connectivity index (χ2v) is 17.0. The minimum absolute atomic E-state index is 0.0135. The van der Waals surface area contributed by atoms with Crippen LogP contribution in [0.15, 0.2) is 73.1 Å². The molecule has 9 nitrogen and oxygen atoms in total. The van der Waals surface area contributed by atoms with Crippen molar-refractivity contribution in [3.8, 4) is 0 Å². The van der Waals surface area contributed by atoms with Crippen LogP contribution in [-0.4, -0.2) is 75.3 Å². The quantitative estimate of drug-likeness (QED) is 0.0124. The molecule has 0 aromatic carbocycles. The summed E-state index contributed by atoms with van der Waals surface area (Å²) in [4.78, 5) is 25.0. The third-order valence-electron chi connectivity index (χ3n) is 8.87. The molecule has 0 aliphatic rings. The van der Waals surface area contributed by atoms with E-state index in [0.29, 0.717) is 30.3 Å². The van der Waals surface area contributed by atoms with Crippen LogP contribution in [-0.2, 0) is 27.9 Å². The van der Waals surface area contributed by atoms with Crippen LogP contribution < -0.4 is 4.89 Å². The number of carbonyl (C=O) groups excluding carboxylic acids is 1. The van der Waals surface area contributed by atoms with E-state index in [1.54, 1.807) is 12.3 Å². The number of aliphatic hydroxyl groups excluding tert-OH is 1. The molecule has 0 radical (unpaired) electrons. The first-order chi connectivity index (χ1) is 27.0. The molecule has 2 unspecified atom stereocenters. The Morgan fingerprint density at radius 2 is 1.23 bits per heavy atom. The van der Waals surface area contributed by atoms with Gasteiger partial charge in [0.15, 0.2) is 6.10 Å². The number of aliphatic hydroxyl groups is 1. The summed E-state index contributed by atoms with van der Waals surface area (Å²) in [5.41, 5.74) is 0. The van der Waals surface area contributed by atoms with E-state index in [2.05, 4.69) is 44.2 Å². The first-order valence-electron chi connectivity index (χ1n) is 21.8. The summed E-state index contributed by atoms with van der Waals surface area (Å²) in [5, 5.41) is 10.2. The van der Waals surface area contributed by atoms with Crippen LogP contribution in [0.3, 0.4) is 0 Å². The topological polar surface area (TPSA) is 114 Å². The monoisotopic (exact) mass is 808 g/mol. The van der Waals surface area contributed by atoms with Gasteiger partial charge in [0.25, 0.3) is 7.82 Å². The molecule has 0 fully saturated rings. The van der Waals surface area contributed by atoms with Crippen LogP contribution in [0, 0.1) is 0 Å². The SMILES string of the molecule is CCCCC/C=C\C/C=C\CC(O)/C=C\C=C\CCCC(=O)O[C@H](CO/C=C/CCCCCCCC/C=C\CCCCCC)COP(=O)([O-])OCC[N+](C)(C)C. The Kier molecular flexibility index (Phi) is 36.7. The summed E-state index contributed by atoms with van der Waals surface area (Å²) in [6.07, 6.45) is 46.1. The summed E-state index contributed by atoms with van der Waals surface area (Å²) in [7, 11) is 1.22. The van der Waals surface area contributed by atoms with Crippen molar-refractivity contribution < 1.29 is 42.4 Å². The zero-order valence-electron chi connectivity index (χ0n) is 36.2. The Labute approximate surface area is 343 Å². The number of ether oxygens (including phenoxy) is 2. The molecule has 56 heavy (non-hydrogen) atoms. The molecule has 0 amide bonds. The fourth-order valence-corrected chi connectivity index (χ4v) is 6.13. The molecular weight excluding hydrogens is 725 g/mol. The first-order valence-corrected chi connectivity index (χ1v) is 23.3. The number of carbonyl (C=O) groups is 1. The van der Waals surface area contributed by atoms with Gasteiger partial charge >= 0.3 is 5.97 Å². The maximum Gasteiger partial charge on any atom is 0.306 e. The van der Waals surface area contributed by atoms with Gasteiger partial charge in [-0.3, -0.25) is 9.36 Å². The van der Waals surface area contributed by atoms with Crippen molar-refractivity contribution in [2.45, 2.75) is 167 Å². The molecule has 0 saturated carbocycles. The Morgan fingerprint density at radius 1 is 0.679 bits per heavy atom. The number of esters is 1. The molecule has 0 aliphatic carbocycles. The fraction of sp³-hybridized carbons (Fsp3) is 0.717.